The molecule has 198 valence electrons. The molecule has 0 spiro atoms. The fourth-order valence-electron chi connectivity index (χ4n) is 5.42. The maximum atomic E-state index is 14.1. The third-order valence-corrected chi connectivity index (χ3v) is 8.03. The van der Waals surface area contributed by atoms with E-state index in [1.54, 1.807) is 24.1 Å². The summed E-state index contributed by atoms with van der Waals surface area (Å²) in [5.74, 6) is 0.550. The van der Waals surface area contributed by atoms with Crippen molar-refractivity contribution < 1.29 is 19.0 Å². The molecule has 2 aliphatic rings. The Labute approximate surface area is 255 Å². The predicted octanol–water partition coefficient (Wildman–Crippen LogP) is 1.09. The molecule has 0 aliphatic carbocycles. The monoisotopic (exact) mass is 565 g/mol. The van der Waals surface area contributed by atoms with Crippen LogP contribution in [0.25, 0.3) is 28.1 Å². The van der Waals surface area contributed by atoms with Gasteiger partial charge in [0.15, 0.2) is 5.69 Å². The Bertz CT molecular complexity index is 1650. The van der Waals surface area contributed by atoms with Crippen LogP contribution >= 0.6 is 11.3 Å². The van der Waals surface area contributed by atoms with Crippen LogP contribution in [-0.2, 0) is 16.6 Å². The van der Waals surface area contributed by atoms with Crippen molar-refractivity contribution in [2.45, 2.75) is 36.5 Å². The van der Waals surface area contributed by atoms with E-state index in [1.807, 2.05) is 29.8 Å². The maximum Gasteiger partial charge on any atom is 0.273 e. The summed E-state index contributed by atoms with van der Waals surface area (Å²) in [6.45, 7) is 2.59. The molecule has 1 atom stereocenters. The van der Waals surface area contributed by atoms with Gasteiger partial charge in [-0.3, -0.25) is 9.48 Å². The SMILES string of the molecule is [B]C([B])([B])N(C(=O)c1nn(-c2ccsc2)c2c1COc1cc(OC)c(-c3cn(C([B])([B])[B])nc3C)cc1-2)C1CCOC1. The zero-order valence-corrected chi connectivity index (χ0v) is 23.9. The van der Waals surface area contributed by atoms with Gasteiger partial charge in [0.1, 0.15) is 18.1 Å². The van der Waals surface area contributed by atoms with Crippen LogP contribution in [0.1, 0.15) is 28.2 Å². The number of hydrogen-bond donors (Lipinski definition) is 0. The lowest BCUT2D eigenvalue weighted by atomic mass is 9.48. The van der Waals surface area contributed by atoms with Gasteiger partial charge < -0.3 is 19.1 Å². The van der Waals surface area contributed by atoms with Crippen LogP contribution in [-0.4, -0.2) is 109 Å². The fraction of sp³-hybridized carbons (Fsp3) is 0.346. The first-order valence-corrected chi connectivity index (χ1v) is 14.0. The number of rotatable bonds is 7. The molecule has 6 rings (SSSR count). The van der Waals surface area contributed by atoms with Gasteiger partial charge in [-0.05, 0) is 36.1 Å². The second-order valence-corrected chi connectivity index (χ2v) is 11.2. The molecule has 4 aromatic rings. The Morgan fingerprint density at radius 2 is 1.93 bits per heavy atom. The molecule has 16 heteroatoms. The smallest absolute Gasteiger partial charge is 0.273 e. The minimum atomic E-state index is -1.94. The van der Waals surface area contributed by atoms with E-state index >= 15 is 0 Å². The van der Waals surface area contributed by atoms with Crippen molar-refractivity contribution in [3.63, 3.8) is 0 Å². The number of ether oxygens (including phenoxy) is 3. The van der Waals surface area contributed by atoms with E-state index in [9.17, 15) is 4.79 Å². The molecule has 5 heterocycles. The van der Waals surface area contributed by atoms with Crippen LogP contribution in [0.3, 0.4) is 0 Å². The van der Waals surface area contributed by atoms with Gasteiger partial charge in [-0.2, -0.15) is 21.5 Å². The standard InChI is InChI=1S/C26H21B6N5O4S/c1-13-18(9-35(33-13)25(27,28)29)16-7-17-21(8-20(16)39-2)41-11-19-22(34-37(23(17)19)15-4-6-42-12-15)24(38)36(26(30,31)32)14-3-5-40-10-14/h4,6-9,12,14H,3,5,10-11H2,1-2H3. The van der Waals surface area contributed by atoms with Crippen LogP contribution in [0.15, 0.2) is 35.2 Å². The Kier molecular flexibility index (Phi) is 7.20. The highest BCUT2D eigenvalue weighted by Gasteiger charge is 2.39. The number of aromatic nitrogens is 4. The topological polar surface area (TPSA) is 83.6 Å². The second kappa shape index (κ2) is 10.5. The number of methoxy groups -OCH3 is 1. The first-order chi connectivity index (χ1) is 19.9. The molecular weight excluding hydrogens is 543 g/mol. The molecule has 0 N–H and O–H groups in total. The number of nitrogens with zero attached hydrogens (tertiary/aromatic N) is 5. The number of amides is 1. The molecule has 3 aromatic heterocycles. The molecule has 1 saturated heterocycles. The van der Waals surface area contributed by atoms with E-state index in [-0.39, 0.29) is 18.9 Å². The van der Waals surface area contributed by atoms with Gasteiger partial charge in [-0.15, -0.1) is 0 Å². The van der Waals surface area contributed by atoms with E-state index in [2.05, 4.69) is 5.10 Å². The molecule has 1 amide bonds. The highest BCUT2D eigenvalue weighted by molar-refractivity contribution is 7.08. The van der Waals surface area contributed by atoms with E-state index in [1.165, 1.54) is 20.9 Å². The molecule has 0 saturated carbocycles. The van der Waals surface area contributed by atoms with E-state index in [0.29, 0.717) is 58.2 Å². The lowest BCUT2D eigenvalue weighted by molar-refractivity contribution is 0.0636. The van der Waals surface area contributed by atoms with Gasteiger partial charge in [0.05, 0.1) is 83.9 Å². The Morgan fingerprint density at radius 3 is 2.52 bits per heavy atom. The van der Waals surface area contributed by atoms with Crippen LogP contribution in [0, 0.1) is 6.92 Å². The van der Waals surface area contributed by atoms with Crippen LogP contribution < -0.4 is 9.47 Å². The molecule has 1 fully saturated rings. The minimum Gasteiger partial charge on any atom is -0.496 e. The summed E-state index contributed by atoms with van der Waals surface area (Å²) in [5, 5.41) is 9.40. The lowest BCUT2D eigenvalue weighted by Crippen LogP contribution is -2.58. The Hall–Kier alpha value is -3.24. The van der Waals surface area contributed by atoms with E-state index < -0.39 is 22.4 Å². The maximum absolute atomic E-state index is 14.1. The number of thiophene rings is 1. The number of carbonyl (C=O) groups excluding carboxylic acids is 1. The van der Waals surface area contributed by atoms with E-state index in [4.69, 9.17) is 66.4 Å². The number of aryl methyl sites for hydroxylation is 1. The summed E-state index contributed by atoms with van der Waals surface area (Å²) in [5.41, 5.74) is 4.78. The van der Waals surface area contributed by atoms with Gasteiger partial charge in [0.2, 0.25) is 0 Å². The molecule has 9 nitrogen and oxygen atoms in total. The first-order valence-electron chi connectivity index (χ1n) is 13.1. The molecule has 42 heavy (non-hydrogen) atoms. The fourth-order valence-corrected chi connectivity index (χ4v) is 6.03. The molecule has 2 aliphatic heterocycles. The van der Waals surface area contributed by atoms with Gasteiger partial charge in [-0.25, -0.2) is 4.68 Å². The highest BCUT2D eigenvalue weighted by atomic mass is 32.1. The van der Waals surface area contributed by atoms with Crippen molar-refractivity contribution in [1.82, 2.24) is 24.5 Å². The van der Waals surface area contributed by atoms with Crippen LogP contribution in [0.2, 0.25) is 0 Å². The molecule has 1 unspecified atom stereocenters. The van der Waals surface area contributed by atoms with Crippen molar-refractivity contribution in [3.05, 3.63) is 52.1 Å². The summed E-state index contributed by atoms with van der Waals surface area (Å²) in [4.78, 5) is 15.4. The van der Waals surface area contributed by atoms with Crippen molar-refractivity contribution in [3.8, 4) is 39.6 Å². The number of hydrogen-bond acceptors (Lipinski definition) is 7. The van der Waals surface area contributed by atoms with Crippen molar-refractivity contribution in [2.75, 3.05) is 20.3 Å². The van der Waals surface area contributed by atoms with Crippen molar-refractivity contribution >= 4 is 64.3 Å². The van der Waals surface area contributed by atoms with Gasteiger partial charge in [0.25, 0.3) is 5.91 Å². The Morgan fingerprint density at radius 1 is 1.14 bits per heavy atom. The third-order valence-electron chi connectivity index (χ3n) is 7.36. The average molecular weight is 564 g/mol. The quantitative estimate of drug-likeness (QED) is 0.313. The largest absolute Gasteiger partial charge is 0.496 e. The highest BCUT2D eigenvalue weighted by Crippen LogP contribution is 2.47. The summed E-state index contributed by atoms with van der Waals surface area (Å²) >= 11 is 1.50. The summed E-state index contributed by atoms with van der Waals surface area (Å²) in [6, 6.07) is 5.17. The number of benzene rings is 1. The normalized spacial score (nSPS) is 16.5. The van der Waals surface area contributed by atoms with Gasteiger partial charge >= 0.3 is 0 Å². The van der Waals surface area contributed by atoms with Gasteiger partial charge in [-0.1, -0.05) is 5.24 Å². The zero-order valence-electron chi connectivity index (χ0n) is 23.1. The summed E-state index contributed by atoms with van der Waals surface area (Å²) in [7, 11) is 37.6. The van der Waals surface area contributed by atoms with E-state index in [0.717, 1.165) is 5.69 Å². The lowest BCUT2D eigenvalue weighted by Gasteiger charge is -2.41. The number of fused-ring (bicyclic) bond motifs is 3. The molecule has 12 radical (unpaired) electrons. The summed E-state index contributed by atoms with van der Waals surface area (Å²) in [6.07, 6.45) is 2.19. The molecular formula is C26H21B6N5O4S. The van der Waals surface area contributed by atoms with Gasteiger partial charge in [0, 0.05) is 46.5 Å². The predicted molar refractivity (Wildman–Crippen MR) is 164 cm³/mol. The second-order valence-electron chi connectivity index (χ2n) is 10.4. The Balaban J connectivity index is 1.55. The number of carbonyl (C=O) groups is 1. The summed E-state index contributed by atoms with van der Waals surface area (Å²) < 4.78 is 20.4. The van der Waals surface area contributed by atoms with Crippen LogP contribution in [0.4, 0.5) is 0 Å². The zero-order chi connectivity index (χ0) is 30.0. The first kappa shape index (κ1) is 28.9. The van der Waals surface area contributed by atoms with Crippen molar-refractivity contribution in [2.24, 2.45) is 0 Å². The van der Waals surface area contributed by atoms with Crippen LogP contribution in [0.5, 0.6) is 11.5 Å². The van der Waals surface area contributed by atoms with Crippen molar-refractivity contribution in [1.29, 1.82) is 0 Å². The minimum absolute atomic E-state index is 0.0603. The molecule has 0 bridgehead atoms. The molecule has 1 aromatic carbocycles. The average Bonchev–Trinajstić information content (AvgIpc) is 3.73. The third kappa shape index (κ3) is 4.92.